The number of hydrogen-bond donors (Lipinski definition) is 2. The molecule has 0 saturated heterocycles. The SMILES string of the molecule is CCC(Nc1ccc(NC(=O)COC)cc1)C1CC1. The highest BCUT2D eigenvalue weighted by Crippen LogP contribution is 2.35. The van der Waals surface area contributed by atoms with E-state index in [0.29, 0.717) is 6.04 Å². The van der Waals surface area contributed by atoms with Gasteiger partial charge in [-0.1, -0.05) is 6.92 Å². The summed E-state index contributed by atoms with van der Waals surface area (Å²) in [4.78, 5) is 11.4. The first-order valence-electron chi connectivity index (χ1n) is 6.88. The van der Waals surface area contributed by atoms with Gasteiger partial charge in [0.1, 0.15) is 6.61 Å². The molecule has 1 aromatic rings. The predicted octanol–water partition coefficient (Wildman–Crippen LogP) is 2.87. The molecule has 0 aliphatic heterocycles. The predicted molar refractivity (Wildman–Crippen MR) is 77.4 cm³/mol. The summed E-state index contributed by atoms with van der Waals surface area (Å²) in [5.74, 6) is 0.707. The summed E-state index contributed by atoms with van der Waals surface area (Å²) in [5, 5.41) is 6.34. The summed E-state index contributed by atoms with van der Waals surface area (Å²) in [6.45, 7) is 2.30. The maximum Gasteiger partial charge on any atom is 0.250 e. The number of anilines is 2. The average Bonchev–Trinajstić information content (AvgIpc) is 3.22. The van der Waals surface area contributed by atoms with Gasteiger partial charge in [-0.25, -0.2) is 0 Å². The Balaban J connectivity index is 1.88. The summed E-state index contributed by atoms with van der Waals surface area (Å²) in [6, 6.07) is 8.42. The van der Waals surface area contributed by atoms with Crippen LogP contribution in [0.1, 0.15) is 26.2 Å². The maximum atomic E-state index is 11.4. The second kappa shape index (κ2) is 6.57. The van der Waals surface area contributed by atoms with Gasteiger partial charge in [-0.05, 0) is 49.4 Å². The lowest BCUT2D eigenvalue weighted by molar-refractivity contribution is -0.119. The van der Waals surface area contributed by atoms with E-state index < -0.39 is 0 Å². The zero-order valence-corrected chi connectivity index (χ0v) is 11.6. The van der Waals surface area contributed by atoms with E-state index in [0.717, 1.165) is 23.7 Å². The molecule has 0 bridgehead atoms. The van der Waals surface area contributed by atoms with E-state index in [2.05, 4.69) is 17.6 Å². The lowest BCUT2D eigenvalue weighted by Crippen LogP contribution is -2.20. The normalized spacial score (nSPS) is 15.9. The molecule has 0 radical (unpaired) electrons. The topological polar surface area (TPSA) is 50.4 Å². The number of benzene rings is 1. The van der Waals surface area contributed by atoms with Gasteiger partial charge in [-0.3, -0.25) is 4.79 Å². The van der Waals surface area contributed by atoms with Crippen molar-refractivity contribution < 1.29 is 9.53 Å². The smallest absolute Gasteiger partial charge is 0.250 e. The second-order valence-electron chi connectivity index (χ2n) is 5.06. The van der Waals surface area contributed by atoms with Crippen LogP contribution in [0.2, 0.25) is 0 Å². The monoisotopic (exact) mass is 262 g/mol. The first-order chi connectivity index (χ1) is 9.22. The third-order valence-corrected chi connectivity index (χ3v) is 3.43. The molecule has 4 heteroatoms. The molecule has 1 aliphatic carbocycles. The molecule has 1 amide bonds. The Bertz CT molecular complexity index is 413. The fraction of sp³-hybridized carbons (Fsp3) is 0.533. The van der Waals surface area contributed by atoms with Crippen molar-refractivity contribution in [1.82, 2.24) is 0 Å². The maximum absolute atomic E-state index is 11.4. The number of hydrogen-bond acceptors (Lipinski definition) is 3. The van der Waals surface area contributed by atoms with Crippen molar-refractivity contribution >= 4 is 17.3 Å². The molecule has 0 aromatic heterocycles. The van der Waals surface area contributed by atoms with Crippen molar-refractivity contribution in [3.8, 4) is 0 Å². The molecule has 1 atom stereocenters. The Morgan fingerprint density at radius 2 is 1.95 bits per heavy atom. The number of rotatable bonds is 7. The van der Waals surface area contributed by atoms with Gasteiger partial charge < -0.3 is 15.4 Å². The molecule has 19 heavy (non-hydrogen) atoms. The van der Waals surface area contributed by atoms with Crippen LogP contribution >= 0.6 is 0 Å². The van der Waals surface area contributed by atoms with E-state index >= 15 is 0 Å². The van der Waals surface area contributed by atoms with E-state index in [1.165, 1.54) is 20.0 Å². The van der Waals surface area contributed by atoms with Crippen molar-refractivity contribution in [3.63, 3.8) is 0 Å². The molecule has 2 rings (SSSR count). The molecule has 0 spiro atoms. The molecule has 1 saturated carbocycles. The second-order valence-corrected chi connectivity index (χ2v) is 5.06. The van der Waals surface area contributed by atoms with Crippen LogP contribution in [0.25, 0.3) is 0 Å². The summed E-state index contributed by atoms with van der Waals surface area (Å²) < 4.78 is 4.78. The van der Waals surface area contributed by atoms with E-state index in [1.54, 1.807) is 0 Å². The van der Waals surface area contributed by atoms with Gasteiger partial charge in [-0.2, -0.15) is 0 Å². The summed E-state index contributed by atoms with van der Waals surface area (Å²) in [5.41, 5.74) is 1.91. The molecule has 104 valence electrons. The molecule has 0 heterocycles. The van der Waals surface area contributed by atoms with Crippen molar-refractivity contribution in [2.75, 3.05) is 24.4 Å². The summed E-state index contributed by atoms with van der Waals surface area (Å²) in [7, 11) is 1.51. The Labute approximate surface area is 114 Å². The molecule has 1 fully saturated rings. The van der Waals surface area contributed by atoms with Crippen LogP contribution < -0.4 is 10.6 Å². The standard InChI is InChI=1S/C15H22N2O2/c1-3-14(11-4-5-11)16-12-6-8-13(9-7-12)17-15(18)10-19-2/h6-9,11,14,16H,3-5,10H2,1-2H3,(H,17,18). The molecular weight excluding hydrogens is 240 g/mol. The van der Waals surface area contributed by atoms with Crippen LogP contribution in [0.15, 0.2) is 24.3 Å². The Hall–Kier alpha value is -1.55. The number of amides is 1. The van der Waals surface area contributed by atoms with Gasteiger partial charge >= 0.3 is 0 Å². The highest BCUT2D eigenvalue weighted by Gasteiger charge is 2.29. The van der Waals surface area contributed by atoms with Gasteiger partial charge in [0.15, 0.2) is 0 Å². The number of methoxy groups -OCH3 is 1. The largest absolute Gasteiger partial charge is 0.382 e. The van der Waals surface area contributed by atoms with Crippen molar-refractivity contribution in [2.24, 2.45) is 5.92 Å². The minimum Gasteiger partial charge on any atom is -0.382 e. The Morgan fingerprint density at radius 1 is 1.32 bits per heavy atom. The van der Waals surface area contributed by atoms with Crippen LogP contribution in [0.3, 0.4) is 0 Å². The lowest BCUT2D eigenvalue weighted by atomic mass is 10.1. The highest BCUT2D eigenvalue weighted by molar-refractivity contribution is 5.91. The van der Waals surface area contributed by atoms with Crippen LogP contribution in [0.4, 0.5) is 11.4 Å². The third kappa shape index (κ3) is 4.24. The molecule has 1 unspecified atom stereocenters. The number of carbonyl (C=O) groups is 1. The fourth-order valence-electron chi connectivity index (χ4n) is 2.24. The van der Waals surface area contributed by atoms with Gasteiger partial charge in [0.25, 0.3) is 0 Å². The first kappa shape index (κ1) is 13.9. The summed E-state index contributed by atoms with van der Waals surface area (Å²) >= 11 is 0. The minimum absolute atomic E-state index is 0.0829. The minimum atomic E-state index is -0.132. The number of nitrogens with one attached hydrogen (secondary N) is 2. The number of carbonyl (C=O) groups excluding carboxylic acids is 1. The summed E-state index contributed by atoms with van der Waals surface area (Å²) in [6.07, 6.45) is 3.84. The van der Waals surface area contributed by atoms with Crippen molar-refractivity contribution in [3.05, 3.63) is 24.3 Å². The lowest BCUT2D eigenvalue weighted by Gasteiger charge is -2.17. The van der Waals surface area contributed by atoms with Gasteiger partial charge in [-0.15, -0.1) is 0 Å². The van der Waals surface area contributed by atoms with Gasteiger partial charge in [0.05, 0.1) is 0 Å². The van der Waals surface area contributed by atoms with Gasteiger partial charge in [0, 0.05) is 24.5 Å². The first-order valence-corrected chi connectivity index (χ1v) is 6.88. The zero-order chi connectivity index (χ0) is 13.7. The van der Waals surface area contributed by atoms with Gasteiger partial charge in [0.2, 0.25) is 5.91 Å². The van der Waals surface area contributed by atoms with E-state index in [-0.39, 0.29) is 12.5 Å². The molecular formula is C15H22N2O2. The average molecular weight is 262 g/mol. The van der Waals surface area contributed by atoms with Crippen LogP contribution in [-0.2, 0) is 9.53 Å². The molecule has 1 aromatic carbocycles. The molecule has 2 N–H and O–H groups in total. The van der Waals surface area contributed by atoms with Crippen molar-refractivity contribution in [1.29, 1.82) is 0 Å². The highest BCUT2D eigenvalue weighted by atomic mass is 16.5. The fourth-order valence-corrected chi connectivity index (χ4v) is 2.24. The zero-order valence-electron chi connectivity index (χ0n) is 11.6. The molecule has 1 aliphatic rings. The Kier molecular flexibility index (Phi) is 4.80. The van der Waals surface area contributed by atoms with E-state index in [9.17, 15) is 4.79 Å². The van der Waals surface area contributed by atoms with E-state index in [1.807, 2.05) is 24.3 Å². The van der Waals surface area contributed by atoms with Crippen molar-refractivity contribution in [2.45, 2.75) is 32.2 Å². The molecule has 4 nitrogen and oxygen atoms in total. The Morgan fingerprint density at radius 3 is 2.47 bits per heavy atom. The van der Waals surface area contributed by atoms with E-state index in [4.69, 9.17) is 4.74 Å². The third-order valence-electron chi connectivity index (χ3n) is 3.43. The number of ether oxygens (including phenoxy) is 1. The quantitative estimate of drug-likeness (QED) is 0.794. The van der Waals surface area contributed by atoms with Crippen LogP contribution in [0.5, 0.6) is 0 Å². The van der Waals surface area contributed by atoms with Crippen LogP contribution in [-0.4, -0.2) is 25.7 Å². The van der Waals surface area contributed by atoms with Crippen LogP contribution in [0, 0.1) is 5.92 Å².